The van der Waals surface area contributed by atoms with Crippen LogP contribution < -0.4 is 4.90 Å². The van der Waals surface area contributed by atoms with Crippen molar-refractivity contribution in [2.24, 2.45) is 17.3 Å². The maximum Gasteiger partial charge on any atom is 0.245 e. The molecule has 0 radical (unpaired) electrons. The summed E-state index contributed by atoms with van der Waals surface area (Å²) < 4.78 is 11.2. The first-order valence-electron chi connectivity index (χ1n) is 9.95. The third-order valence-electron chi connectivity index (χ3n) is 6.90. The molecule has 1 saturated carbocycles. The van der Waals surface area contributed by atoms with Crippen molar-refractivity contribution in [3.8, 4) is 0 Å². The fraction of sp³-hybridized carbons (Fsp3) is 0.842. The van der Waals surface area contributed by atoms with Gasteiger partial charge in [0.2, 0.25) is 5.28 Å². The fourth-order valence-corrected chi connectivity index (χ4v) is 5.87. The summed E-state index contributed by atoms with van der Waals surface area (Å²) in [6.07, 6.45) is 3.08. The van der Waals surface area contributed by atoms with Gasteiger partial charge in [0.05, 0.1) is 0 Å². The van der Waals surface area contributed by atoms with E-state index in [1.165, 1.54) is 0 Å². The Balaban J connectivity index is 1.38. The molecule has 3 fully saturated rings. The van der Waals surface area contributed by atoms with Crippen LogP contribution in [0.2, 0.25) is 10.4 Å². The molecule has 1 aromatic rings. The summed E-state index contributed by atoms with van der Waals surface area (Å²) in [7, 11) is 3.49. The van der Waals surface area contributed by atoms with Gasteiger partial charge in [-0.2, -0.15) is 4.98 Å². The Kier molecular flexibility index (Phi) is 5.51. The molecule has 7 nitrogen and oxygen atoms in total. The van der Waals surface area contributed by atoms with E-state index in [2.05, 4.69) is 38.8 Å². The van der Waals surface area contributed by atoms with E-state index in [-0.39, 0.29) is 11.1 Å². The first-order valence-corrected chi connectivity index (χ1v) is 10.7. The Labute approximate surface area is 176 Å². The van der Waals surface area contributed by atoms with Gasteiger partial charge in [0.15, 0.2) is 16.8 Å². The molecule has 0 aromatic carbocycles. The highest BCUT2D eigenvalue weighted by atomic mass is 35.5. The average Bonchev–Trinajstić information content (AvgIpc) is 3.04. The minimum atomic E-state index is -0.374. The van der Waals surface area contributed by atoms with Crippen LogP contribution in [-0.4, -0.2) is 72.3 Å². The molecule has 3 aliphatic rings. The van der Waals surface area contributed by atoms with Crippen LogP contribution in [0.4, 0.5) is 5.82 Å². The minimum Gasteiger partial charge on any atom is -0.353 e. The lowest BCUT2D eigenvalue weighted by Gasteiger charge is -2.58. The number of ether oxygens (including phenoxy) is 2. The van der Waals surface area contributed by atoms with Crippen molar-refractivity contribution in [3.05, 3.63) is 10.4 Å². The first-order chi connectivity index (χ1) is 13.3. The maximum atomic E-state index is 6.20. The van der Waals surface area contributed by atoms with Crippen molar-refractivity contribution < 1.29 is 9.47 Å². The highest BCUT2D eigenvalue weighted by molar-refractivity contribution is 6.32. The first kappa shape index (κ1) is 20.5. The van der Waals surface area contributed by atoms with Gasteiger partial charge in [-0.1, -0.05) is 25.4 Å². The Morgan fingerprint density at radius 3 is 2.36 bits per heavy atom. The van der Waals surface area contributed by atoms with Gasteiger partial charge >= 0.3 is 0 Å². The molecule has 0 unspecified atom stereocenters. The lowest BCUT2D eigenvalue weighted by atomic mass is 9.67. The van der Waals surface area contributed by atoms with Crippen LogP contribution in [0.1, 0.15) is 33.1 Å². The number of methoxy groups -OCH3 is 2. The molecule has 2 saturated heterocycles. The van der Waals surface area contributed by atoms with Crippen molar-refractivity contribution in [1.29, 1.82) is 0 Å². The van der Waals surface area contributed by atoms with Gasteiger partial charge in [-0.15, -0.1) is 10.2 Å². The van der Waals surface area contributed by atoms with E-state index in [9.17, 15) is 0 Å². The van der Waals surface area contributed by atoms with E-state index in [4.69, 9.17) is 32.7 Å². The third kappa shape index (κ3) is 3.49. The molecule has 9 heteroatoms. The summed E-state index contributed by atoms with van der Waals surface area (Å²) >= 11 is 12.1. The van der Waals surface area contributed by atoms with E-state index in [1.807, 2.05) is 0 Å². The molecule has 2 aliphatic heterocycles. The highest BCUT2D eigenvalue weighted by Crippen LogP contribution is 2.50. The van der Waals surface area contributed by atoms with Crippen LogP contribution in [0, 0.1) is 17.3 Å². The normalized spacial score (nSPS) is 25.2. The monoisotopic (exact) mass is 429 g/mol. The zero-order valence-corrected chi connectivity index (χ0v) is 18.5. The summed E-state index contributed by atoms with van der Waals surface area (Å²) in [6.45, 7) is 8.73. The van der Waals surface area contributed by atoms with Crippen LogP contribution in [0.15, 0.2) is 0 Å². The molecule has 4 rings (SSSR count). The van der Waals surface area contributed by atoms with Crippen molar-refractivity contribution in [2.75, 3.05) is 45.3 Å². The van der Waals surface area contributed by atoms with Crippen molar-refractivity contribution in [3.63, 3.8) is 0 Å². The fourth-order valence-electron chi connectivity index (χ4n) is 5.55. The zero-order chi connectivity index (χ0) is 20.1. The van der Waals surface area contributed by atoms with Crippen LogP contribution in [0.25, 0.3) is 0 Å². The van der Waals surface area contributed by atoms with E-state index < -0.39 is 0 Å². The van der Waals surface area contributed by atoms with E-state index in [1.54, 1.807) is 14.2 Å². The predicted molar refractivity (Wildman–Crippen MR) is 109 cm³/mol. The molecule has 1 aliphatic carbocycles. The molecule has 156 valence electrons. The Bertz CT molecular complexity index is 716. The molecule has 3 heterocycles. The van der Waals surface area contributed by atoms with Gasteiger partial charge in [-0.25, -0.2) is 0 Å². The van der Waals surface area contributed by atoms with E-state index >= 15 is 0 Å². The summed E-state index contributed by atoms with van der Waals surface area (Å²) in [5.41, 5.74) is 0.303. The van der Waals surface area contributed by atoms with Crippen LogP contribution >= 0.6 is 23.2 Å². The van der Waals surface area contributed by atoms with Crippen molar-refractivity contribution in [2.45, 2.75) is 44.9 Å². The number of rotatable bonds is 6. The minimum absolute atomic E-state index is 0.139. The quantitative estimate of drug-likeness (QED) is 0.643. The second-order valence-electron chi connectivity index (χ2n) is 8.99. The lowest BCUT2D eigenvalue weighted by molar-refractivity contribution is -0.282. The number of aromatic nitrogens is 3. The lowest BCUT2D eigenvalue weighted by Crippen LogP contribution is -2.66. The molecular weight excluding hydrogens is 401 g/mol. The Morgan fingerprint density at radius 2 is 1.75 bits per heavy atom. The van der Waals surface area contributed by atoms with Crippen molar-refractivity contribution >= 4 is 29.0 Å². The van der Waals surface area contributed by atoms with Gasteiger partial charge in [0, 0.05) is 64.7 Å². The highest BCUT2D eigenvalue weighted by Gasteiger charge is 2.55. The summed E-state index contributed by atoms with van der Waals surface area (Å²) in [5, 5.41) is 8.07. The van der Waals surface area contributed by atoms with E-state index in [0.29, 0.717) is 34.3 Å². The van der Waals surface area contributed by atoms with Gasteiger partial charge in [-0.3, -0.25) is 4.90 Å². The van der Waals surface area contributed by atoms with Crippen LogP contribution in [-0.2, 0) is 9.47 Å². The summed E-state index contributed by atoms with van der Waals surface area (Å²) in [5.74, 6) is 1.50. The second-order valence-corrected chi connectivity index (χ2v) is 9.69. The number of nitrogens with zero attached hydrogens (tertiary/aromatic N) is 5. The smallest absolute Gasteiger partial charge is 0.245 e. The molecule has 1 aromatic heterocycles. The van der Waals surface area contributed by atoms with Gasteiger partial charge in [0.25, 0.3) is 0 Å². The molecule has 1 atom stereocenters. The van der Waals surface area contributed by atoms with Crippen LogP contribution in [0.5, 0.6) is 0 Å². The SMILES string of the molecule is COC1(OC)CC([C@H](C(C)C)N2CC3(CCN(c4nc(Cl)nnc4Cl)C3)C2)C1. The van der Waals surface area contributed by atoms with Crippen molar-refractivity contribution in [1.82, 2.24) is 20.1 Å². The van der Waals surface area contributed by atoms with Gasteiger partial charge < -0.3 is 14.4 Å². The predicted octanol–water partition coefficient (Wildman–Crippen LogP) is 3.11. The topological polar surface area (TPSA) is 63.6 Å². The maximum absolute atomic E-state index is 6.20. The second kappa shape index (κ2) is 7.51. The number of halogens is 2. The van der Waals surface area contributed by atoms with Gasteiger partial charge in [0.1, 0.15) is 0 Å². The summed E-state index contributed by atoms with van der Waals surface area (Å²) in [6, 6.07) is 0.567. The Morgan fingerprint density at radius 1 is 1.07 bits per heavy atom. The molecular formula is C19H29Cl2N5O2. The average molecular weight is 430 g/mol. The third-order valence-corrected chi connectivity index (χ3v) is 7.30. The molecule has 0 amide bonds. The largest absolute Gasteiger partial charge is 0.353 e. The standard InChI is InChI=1S/C19H29Cl2N5O2/c1-12(2)14(13-7-19(8-13,27-3)28-4)26-10-18(11-26)5-6-25(9-18)16-15(20)23-24-17(21)22-16/h12-14H,5-11H2,1-4H3/t14-/m0/s1. The number of hydrogen-bond donors (Lipinski definition) is 0. The van der Waals surface area contributed by atoms with E-state index in [0.717, 1.165) is 45.4 Å². The van der Waals surface area contributed by atoms with Gasteiger partial charge in [-0.05, 0) is 29.9 Å². The molecule has 0 bridgehead atoms. The number of likely N-dealkylation sites (tertiary alicyclic amines) is 1. The number of hydrogen-bond acceptors (Lipinski definition) is 7. The molecule has 0 N–H and O–H groups in total. The van der Waals surface area contributed by atoms with Crippen LogP contribution in [0.3, 0.4) is 0 Å². The molecule has 28 heavy (non-hydrogen) atoms. The number of anilines is 1. The Hall–Kier alpha value is -0.730. The molecule has 1 spiro atoms. The summed E-state index contributed by atoms with van der Waals surface area (Å²) in [4.78, 5) is 9.15. The zero-order valence-electron chi connectivity index (χ0n) is 17.0.